The Kier molecular flexibility index (Phi) is 2.15. The van der Waals surface area contributed by atoms with E-state index in [-0.39, 0.29) is 5.82 Å². The SMILES string of the molecule is Fc1cccc(-c2ncnc3sccc23)c1. The van der Waals surface area contributed by atoms with E-state index in [1.54, 1.807) is 17.4 Å². The Bertz CT molecular complexity index is 648. The van der Waals surface area contributed by atoms with Gasteiger partial charge in [-0.15, -0.1) is 11.3 Å². The highest BCUT2D eigenvalue weighted by Crippen LogP contribution is 2.28. The van der Waals surface area contributed by atoms with Crippen LogP contribution in [0.4, 0.5) is 4.39 Å². The lowest BCUT2D eigenvalue weighted by atomic mass is 10.1. The molecule has 4 heteroatoms. The molecule has 2 aromatic heterocycles. The summed E-state index contributed by atoms with van der Waals surface area (Å²) in [6, 6.07) is 8.41. The first-order chi connectivity index (χ1) is 7.84. The fourth-order valence-electron chi connectivity index (χ4n) is 1.66. The van der Waals surface area contributed by atoms with Crippen LogP contribution in [0, 0.1) is 5.82 Å². The smallest absolute Gasteiger partial charge is 0.127 e. The fourth-order valence-corrected chi connectivity index (χ4v) is 2.39. The maximum atomic E-state index is 13.1. The van der Waals surface area contributed by atoms with Gasteiger partial charge in [0.05, 0.1) is 5.69 Å². The Hall–Kier alpha value is -1.81. The van der Waals surface area contributed by atoms with Crippen LogP contribution >= 0.6 is 11.3 Å². The summed E-state index contributed by atoms with van der Waals surface area (Å²) in [4.78, 5) is 9.31. The van der Waals surface area contributed by atoms with Crippen LogP contribution in [0.2, 0.25) is 0 Å². The molecule has 78 valence electrons. The van der Waals surface area contributed by atoms with E-state index in [1.165, 1.54) is 18.5 Å². The van der Waals surface area contributed by atoms with Crippen molar-refractivity contribution in [3.05, 3.63) is 47.9 Å². The van der Waals surface area contributed by atoms with Crippen molar-refractivity contribution in [3.63, 3.8) is 0 Å². The Balaban J connectivity index is 2.29. The van der Waals surface area contributed by atoms with Crippen LogP contribution in [0.5, 0.6) is 0 Å². The van der Waals surface area contributed by atoms with E-state index in [2.05, 4.69) is 9.97 Å². The molecule has 0 amide bonds. The molecule has 0 radical (unpaired) electrons. The first-order valence-corrected chi connectivity index (χ1v) is 5.67. The highest BCUT2D eigenvalue weighted by molar-refractivity contribution is 7.16. The largest absolute Gasteiger partial charge is 0.236 e. The van der Waals surface area contributed by atoms with E-state index in [0.717, 1.165) is 21.5 Å². The second-order valence-corrected chi connectivity index (χ2v) is 4.27. The molecule has 0 aliphatic heterocycles. The third kappa shape index (κ3) is 1.47. The van der Waals surface area contributed by atoms with E-state index >= 15 is 0 Å². The number of aromatic nitrogens is 2. The molecular weight excluding hydrogens is 223 g/mol. The third-order valence-electron chi connectivity index (χ3n) is 2.36. The van der Waals surface area contributed by atoms with Crippen LogP contribution in [0.3, 0.4) is 0 Å². The monoisotopic (exact) mass is 230 g/mol. The van der Waals surface area contributed by atoms with Crippen molar-refractivity contribution in [1.82, 2.24) is 9.97 Å². The van der Waals surface area contributed by atoms with Crippen LogP contribution in [0.15, 0.2) is 42.0 Å². The summed E-state index contributed by atoms with van der Waals surface area (Å²) in [5.41, 5.74) is 1.57. The molecule has 3 aromatic rings. The first kappa shape index (κ1) is 9.42. The standard InChI is InChI=1S/C12H7FN2S/c13-9-3-1-2-8(6-9)11-10-4-5-16-12(10)15-7-14-11/h1-7H. The van der Waals surface area contributed by atoms with Gasteiger partial charge in [0.25, 0.3) is 0 Å². The van der Waals surface area contributed by atoms with E-state index in [1.807, 2.05) is 17.5 Å². The van der Waals surface area contributed by atoms with Crippen molar-refractivity contribution in [2.24, 2.45) is 0 Å². The molecule has 16 heavy (non-hydrogen) atoms. The average Bonchev–Trinajstić information content (AvgIpc) is 2.76. The van der Waals surface area contributed by atoms with E-state index in [0.29, 0.717) is 0 Å². The first-order valence-electron chi connectivity index (χ1n) is 4.79. The zero-order valence-corrected chi connectivity index (χ0v) is 9.04. The Labute approximate surface area is 95.4 Å². The van der Waals surface area contributed by atoms with Crippen LogP contribution in [-0.2, 0) is 0 Å². The minimum absolute atomic E-state index is 0.250. The summed E-state index contributed by atoms with van der Waals surface area (Å²) in [6.07, 6.45) is 1.51. The zero-order valence-electron chi connectivity index (χ0n) is 8.22. The molecule has 2 nitrogen and oxygen atoms in total. The summed E-state index contributed by atoms with van der Waals surface area (Å²) < 4.78 is 13.1. The predicted octanol–water partition coefficient (Wildman–Crippen LogP) is 3.50. The number of hydrogen-bond acceptors (Lipinski definition) is 3. The fraction of sp³-hybridized carbons (Fsp3) is 0. The molecule has 0 fully saturated rings. The molecule has 0 bridgehead atoms. The highest BCUT2D eigenvalue weighted by Gasteiger charge is 2.07. The molecule has 0 unspecified atom stereocenters. The van der Waals surface area contributed by atoms with E-state index < -0.39 is 0 Å². The lowest BCUT2D eigenvalue weighted by Crippen LogP contribution is -1.86. The quantitative estimate of drug-likeness (QED) is 0.639. The minimum Gasteiger partial charge on any atom is -0.236 e. The van der Waals surface area contributed by atoms with Gasteiger partial charge in [-0.25, -0.2) is 14.4 Å². The summed E-state index contributed by atoms with van der Waals surface area (Å²) >= 11 is 1.56. The number of hydrogen-bond donors (Lipinski definition) is 0. The minimum atomic E-state index is -0.250. The van der Waals surface area contributed by atoms with Gasteiger partial charge in [-0.1, -0.05) is 12.1 Å². The second kappa shape index (κ2) is 3.64. The number of halogens is 1. The number of thiophene rings is 1. The summed E-state index contributed by atoms with van der Waals surface area (Å²) in [5, 5.41) is 2.93. The topological polar surface area (TPSA) is 25.8 Å². The van der Waals surface area contributed by atoms with Gasteiger partial charge in [0.2, 0.25) is 0 Å². The molecule has 3 rings (SSSR count). The maximum absolute atomic E-state index is 13.1. The van der Waals surface area contributed by atoms with Gasteiger partial charge in [-0.2, -0.15) is 0 Å². The van der Waals surface area contributed by atoms with Gasteiger partial charge >= 0.3 is 0 Å². The predicted molar refractivity (Wildman–Crippen MR) is 62.8 cm³/mol. The zero-order chi connectivity index (χ0) is 11.0. The second-order valence-electron chi connectivity index (χ2n) is 3.37. The van der Waals surface area contributed by atoms with Crippen molar-refractivity contribution < 1.29 is 4.39 Å². The van der Waals surface area contributed by atoms with Crippen molar-refractivity contribution in [1.29, 1.82) is 0 Å². The molecule has 0 saturated carbocycles. The van der Waals surface area contributed by atoms with Crippen LogP contribution in [0.25, 0.3) is 21.5 Å². The Morgan fingerprint density at radius 3 is 2.94 bits per heavy atom. The summed E-state index contributed by atoms with van der Waals surface area (Å²) in [7, 11) is 0. The molecular formula is C12H7FN2S. The molecule has 0 atom stereocenters. The molecule has 1 aromatic carbocycles. The third-order valence-corrected chi connectivity index (χ3v) is 3.18. The van der Waals surface area contributed by atoms with E-state index in [4.69, 9.17) is 0 Å². The summed E-state index contributed by atoms with van der Waals surface area (Å²) in [6.45, 7) is 0. The number of nitrogens with zero attached hydrogens (tertiary/aromatic N) is 2. The normalized spacial score (nSPS) is 10.8. The van der Waals surface area contributed by atoms with Gasteiger partial charge in [0, 0.05) is 10.9 Å². The molecule has 0 spiro atoms. The molecule has 0 N–H and O–H groups in total. The molecule has 0 aliphatic carbocycles. The lowest BCUT2D eigenvalue weighted by Gasteiger charge is -2.01. The number of rotatable bonds is 1. The van der Waals surface area contributed by atoms with Crippen molar-refractivity contribution in [3.8, 4) is 11.3 Å². The molecule has 0 saturated heterocycles. The molecule has 2 heterocycles. The highest BCUT2D eigenvalue weighted by atomic mass is 32.1. The van der Waals surface area contributed by atoms with Gasteiger partial charge in [0.15, 0.2) is 0 Å². The van der Waals surface area contributed by atoms with Crippen molar-refractivity contribution in [2.75, 3.05) is 0 Å². The maximum Gasteiger partial charge on any atom is 0.127 e. The number of benzene rings is 1. The lowest BCUT2D eigenvalue weighted by molar-refractivity contribution is 0.628. The molecule has 0 aliphatic rings. The average molecular weight is 230 g/mol. The van der Waals surface area contributed by atoms with Gasteiger partial charge in [-0.05, 0) is 23.6 Å². The summed E-state index contributed by atoms with van der Waals surface area (Å²) in [5.74, 6) is -0.250. The van der Waals surface area contributed by atoms with Gasteiger partial charge < -0.3 is 0 Å². The van der Waals surface area contributed by atoms with Crippen LogP contribution in [0.1, 0.15) is 0 Å². The van der Waals surface area contributed by atoms with Gasteiger partial charge in [0.1, 0.15) is 17.0 Å². The van der Waals surface area contributed by atoms with Crippen LogP contribution in [-0.4, -0.2) is 9.97 Å². The Morgan fingerprint density at radius 2 is 2.06 bits per heavy atom. The number of fused-ring (bicyclic) bond motifs is 1. The van der Waals surface area contributed by atoms with Crippen LogP contribution < -0.4 is 0 Å². The Morgan fingerprint density at radius 1 is 1.12 bits per heavy atom. The van der Waals surface area contributed by atoms with Crippen molar-refractivity contribution in [2.45, 2.75) is 0 Å². The van der Waals surface area contributed by atoms with Gasteiger partial charge in [-0.3, -0.25) is 0 Å². The van der Waals surface area contributed by atoms with E-state index in [9.17, 15) is 4.39 Å². The van der Waals surface area contributed by atoms with Crippen molar-refractivity contribution >= 4 is 21.6 Å².